The van der Waals surface area contributed by atoms with Crippen LogP contribution in [0, 0.1) is 12.7 Å². The Morgan fingerprint density at radius 2 is 2.00 bits per heavy atom. The fourth-order valence-electron chi connectivity index (χ4n) is 1.58. The lowest BCUT2D eigenvalue weighted by Gasteiger charge is -2.07. The largest absolute Gasteiger partial charge is 0.489 e. The van der Waals surface area contributed by atoms with Gasteiger partial charge in [0.2, 0.25) is 0 Å². The van der Waals surface area contributed by atoms with E-state index in [9.17, 15) is 4.39 Å². The van der Waals surface area contributed by atoms with Gasteiger partial charge in [0, 0.05) is 10.5 Å². The van der Waals surface area contributed by atoms with Gasteiger partial charge in [-0.3, -0.25) is 0 Å². The van der Waals surface area contributed by atoms with Crippen LogP contribution in [0.3, 0.4) is 0 Å². The van der Waals surface area contributed by atoms with Crippen LogP contribution in [-0.4, -0.2) is 0 Å². The molecule has 0 spiro atoms. The summed E-state index contributed by atoms with van der Waals surface area (Å²) in [5, 5.41) is 0. The number of ether oxygens (including phenoxy) is 1. The van der Waals surface area contributed by atoms with Crippen LogP contribution in [-0.2, 0) is 6.61 Å². The maximum absolute atomic E-state index is 13.1. The van der Waals surface area contributed by atoms with E-state index in [1.165, 1.54) is 17.7 Å². The van der Waals surface area contributed by atoms with Gasteiger partial charge in [-0.15, -0.1) is 0 Å². The lowest BCUT2D eigenvalue weighted by Crippen LogP contribution is -1.96. The van der Waals surface area contributed by atoms with E-state index in [0.717, 1.165) is 5.56 Å². The van der Waals surface area contributed by atoms with Crippen molar-refractivity contribution >= 4 is 15.9 Å². The molecule has 0 saturated carbocycles. The van der Waals surface area contributed by atoms with Crippen molar-refractivity contribution in [3.63, 3.8) is 0 Å². The second-order valence-electron chi connectivity index (χ2n) is 3.88. The van der Waals surface area contributed by atoms with E-state index in [-0.39, 0.29) is 5.82 Å². The summed E-state index contributed by atoms with van der Waals surface area (Å²) in [6.45, 7) is 2.47. The summed E-state index contributed by atoms with van der Waals surface area (Å²) in [5.74, 6) is 0.219. The number of hydrogen-bond acceptors (Lipinski definition) is 1. The van der Waals surface area contributed by atoms with Gasteiger partial charge in [0.1, 0.15) is 18.2 Å². The number of aryl methyl sites for hydroxylation is 1. The van der Waals surface area contributed by atoms with E-state index in [1.54, 1.807) is 6.07 Å². The SMILES string of the molecule is Cc1cccc(COc2cc(F)cc(Br)c2)c1. The summed E-state index contributed by atoms with van der Waals surface area (Å²) in [6.07, 6.45) is 0. The third-order valence-corrected chi connectivity index (χ3v) is 2.78. The third kappa shape index (κ3) is 3.56. The monoisotopic (exact) mass is 294 g/mol. The molecule has 2 rings (SSSR count). The second-order valence-corrected chi connectivity index (χ2v) is 4.80. The summed E-state index contributed by atoms with van der Waals surface area (Å²) in [5.41, 5.74) is 2.26. The molecule has 17 heavy (non-hydrogen) atoms. The summed E-state index contributed by atoms with van der Waals surface area (Å²) in [7, 11) is 0. The standard InChI is InChI=1S/C14H12BrFO/c1-10-3-2-4-11(5-10)9-17-14-7-12(15)6-13(16)8-14/h2-8H,9H2,1H3. The van der Waals surface area contributed by atoms with Gasteiger partial charge < -0.3 is 4.74 Å². The quantitative estimate of drug-likeness (QED) is 0.811. The van der Waals surface area contributed by atoms with Crippen LogP contribution in [0.15, 0.2) is 46.9 Å². The molecule has 2 aromatic carbocycles. The Balaban J connectivity index is 2.07. The van der Waals surface area contributed by atoms with Crippen molar-refractivity contribution in [3.8, 4) is 5.75 Å². The first kappa shape index (κ1) is 12.1. The van der Waals surface area contributed by atoms with Gasteiger partial charge >= 0.3 is 0 Å². The van der Waals surface area contributed by atoms with Crippen LogP contribution in [0.5, 0.6) is 5.75 Å². The minimum atomic E-state index is -0.307. The summed E-state index contributed by atoms with van der Waals surface area (Å²) in [6, 6.07) is 12.6. The van der Waals surface area contributed by atoms with E-state index >= 15 is 0 Å². The topological polar surface area (TPSA) is 9.23 Å². The molecule has 0 fully saturated rings. The van der Waals surface area contributed by atoms with Crippen molar-refractivity contribution < 1.29 is 9.13 Å². The average molecular weight is 295 g/mol. The van der Waals surface area contributed by atoms with E-state index in [0.29, 0.717) is 16.8 Å². The predicted octanol–water partition coefficient (Wildman–Crippen LogP) is 4.48. The highest BCUT2D eigenvalue weighted by Crippen LogP contribution is 2.21. The van der Waals surface area contributed by atoms with Crippen molar-refractivity contribution in [1.29, 1.82) is 0 Å². The first-order valence-corrected chi connectivity index (χ1v) is 6.07. The molecule has 0 heterocycles. The molecule has 2 aromatic rings. The molecule has 0 aromatic heterocycles. The Kier molecular flexibility index (Phi) is 3.79. The van der Waals surface area contributed by atoms with Gasteiger partial charge in [-0.1, -0.05) is 45.8 Å². The second kappa shape index (κ2) is 5.32. The normalized spacial score (nSPS) is 10.3. The number of benzene rings is 2. The molecule has 0 unspecified atom stereocenters. The maximum atomic E-state index is 13.1. The predicted molar refractivity (Wildman–Crippen MR) is 69.6 cm³/mol. The molecule has 3 heteroatoms. The molecular formula is C14H12BrFO. The molecule has 0 N–H and O–H groups in total. The Morgan fingerprint density at radius 3 is 2.71 bits per heavy atom. The summed E-state index contributed by atoms with van der Waals surface area (Å²) >= 11 is 3.23. The highest BCUT2D eigenvalue weighted by Gasteiger charge is 2.00. The average Bonchev–Trinajstić information content (AvgIpc) is 2.25. The van der Waals surface area contributed by atoms with Crippen molar-refractivity contribution in [3.05, 3.63) is 63.9 Å². The van der Waals surface area contributed by atoms with Gasteiger partial charge in [0.25, 0.3) is 0 Å². The highest BCUT2D eigenvalue weighted by atomic mass is 79.9. The van der Waals surface area contributed by atoms with Crippen LogP contribution >= 0.6 is 15.9 Å². The fourth-order valence-corrected chi connectivity index (χ4v) is 2.02. The third-order valence-electron chi connectivity index (χ3n) is 2.32. The first-order valence-electron chi connectivity index (χ1n) is 5.28. The Bertz CT molecular complexity index is 505. The molecule has 0 bridgehead atoms. The zero-order chi connectivity index (χ0) is 12.3. The van der Waals surface area contributed by atoms with Gasteiger partial charge in [0.05, 0.1) is 0 Å². The number of halogens is 2. The lowest BCUT2D eigenvalue weighted by atomic mass is 10.1. The zero-order valence-electron chi connectivity index (χ0n) is 9.41. The lowest BCUT2D eigenvalue weighted by molar-refractivity contribution is 0.304. The Morgan fingerprint density at radius 1 is 1.18 bits per heavy atom. The molecular weight excluding hydrogens is 283 g/mol. The van der Waals surface area contributed by atoms with E-state index in [1.807, 2.05) is 31.2 Å². The molecule has 88 valence electrons. The molecule has 1 nitrogen and oxygen atoms in total. The van der Waals surface area contributed by atoms with Crippen molar-refractivity contribution in [2.75, 3.05) is 0 Å². The van der Waals surface area contributed by atoms with Crippen molar-refractivity contribution in [1.82, 2.24) is 0 Å². The summed E-state index contributed by atoms with van der Waals surface area (Å²) < 4.78 is 19.3. The minimum Gasteiger partial charge on any atom is -0.489 e. The molecule has 0 amide bonds. The van der Waals surface area contributed by atoms with Crippen LogP contribution in [0.2, 0.25) is 0 Å². The van der Waals surface area contributed by atoms with Crippen LogP contribution in [0.25, 0.3) is 0 Å². The smallest absolute Gasteiger partial charge is 0.128 e. The Labute approximate surface area is 108 Å². The number of rotatable bonds is 3. The van der Waals surface area contributed by atoms with Crippen LogP contribution in [0.1, 0.15) is 11.1 Å². The minimum absolute atomic E-state index is 0.307. The van der Waals surface area contributed by atoms with E-state index in [2.05, 4.69) is 15.9 Å². The maximum Gasteiger partial charge on any atom is 0.128 e. The number of hydrogen-bond donors (Lipinski definition) is 0. The first-order chi connectivity index (χ1) is 8.13. The molecule has 0 radical (unpaired) electrons. The highest BCUT2D eigenvalue weighted by molar-refractivity contribution is 9.10. The van der Waals surface area contributed by atoms with Crippen LogP contribution in [0.4, 0.5) is 4.39 Å². The fraction of sp³-hybridized carbons (Fsp3) is 0.143. The van der Waals surface area contributed by atoms with Crippen molar-refractivity contribution in [2.45, 2.75) is 13.5 Å². The molecule has 0 aliphatic rings. The molecule has 0 aliphatic heterocycles. The zero-order valence-corrected chi connectivity index (χ0v) is 11.0. The Hall–Kier alpha value is -1.35. The van der Waals surface area contributed by atoms with Gasteiger partial charge in [-0.2, -0.15) is 0 Å². The van der Waals surface area contributed by atoms with Crippen molar-refractivity contribution in [2.24, 2.45) is 0 Å². The van der Waals surface area contributed by atoms with E-state index in [4.69, 9.17) is 4.74 Å². The van der Waals surface area contributed by atoms with E-state index < -0.39 is 0 Å². The molecule has 0 atom stereocenters. The summed E-state index contributed by atoms with van der Waals surface area (Å²) in [4.78, 5) is 0. The van der Waals surface area contributed by atoms with Crippen LogP contribution < -0.4 is 4.74 Å². The van der Waals surface area contributed by atoms with Gasteiger partial charge in [-0.25, -0.2) is 4.39 Å². The van der Waals surface area contributed by atoms with Gasteiger partial charge in [-0.05, 0) is 24.6 Å². The van der Waals surface area contributed by atoms with Gasteiger partial charge in [0.15, 0.2) is 0 Å². The molecule has 0 saturated heterocycles. The molecule has 0 aliphatic carbocycles.